The highest BCUT2D eigenvalue weighted by Gasteiger charge is 2.20. The van der Waals surface area contributed by atoms with Crippen LogP contribution in [0.15, 0.2) is 0 Å². The molecule has 88 valence electrons. The molecular formula is C14H27N. The zero-order chi connectivity index (χ0) is 10.5. The highest BCUT2D eigenvalue weighted by Crippen LogP contribution is 2.32. The molecular weight excluding hydrogens is 182 g/mol. The molecule has 1 N–H and O–H groups in total. The van der Waals surface area contributed by atoms with Crippen LogP contribution in [0.4, 0.5) is 0 Å². The molecule has 2 rings (SSSR count). The first-order chi connectivity index (χ1) is 7.34. The van der Waals surface area contributed by atoms with E-state index in [0.717, 1.165) is 17.8 Å². The van der Waals surface area contributed by atoms with Gasteiger partial charge < -0.3 is 5.32 Å². The van der Waals surface area contributed by atoms with Gasteiger partial charge in [-0.05, 0) is 50.1 Å². The van der Waals surface area contributed by atoms with Crippen LogP contribution in [0.2, 0.25) is 0 Å². The maximum Gasteiger partial charge on any atom is -0.00463 e. The van der Waals surface area contributed by atoms with Gasteiger partial charge in [0.1, 0.15) is 0 Å². The van der Waals surface area contributed by atoms with Crippen molar-refractivity contribution in [3.63, 3.8) is 0 Å². The smallest absolute Gasteiger partial charge is 0.00463 e. The predicted molar refractivity (Wildman–Crippen MR) is 65.9 cm³/mol. The fraction of sp³-hybridized carbons (Fsp3) is 1.00. The van der Waals surface area contributed by atoms with Gasteiger partial charge in [-0.3, -0.25) is 0 Å². The lowest BCUT2D eigenvalue weighted by atomic mass is 9.81. The Balaban J connectivity index is 1.45. The molecule has 0 bridgehead atoms. The molecule has 2 unspecified atom stereocenters. The molecule has 2 atom stereocenters. The zero-order valence-corrected chi connectivity index (χ0v) is 10.3. The Morgan fingerprint density at radius 3 is 2.33 bits per heavy atom. The first-order valence-electron chi connectivity index (χ1n) is 7.05. The van der Waals surface area contributed by atoms with Crippen LogP contribution in [0.5, 0.6) is 0 Å². The summed E-state index contributed by atoms with van der Waals surface area (Å²) in [6, 6.07) is 0. The van der Waals surface area contributed by atoms with Crippen LogP contribution in [0.1, 0.15) is 58.3 Å². The molecule has 0 heterocycles. The monoisotopic (exact) mass is 209 g/mol. The standard InChI is InChI=1S/C14H27N/c1-12-3-2-4-14(11-12)8-10-15-9-7-13-5-6-13/h12-15H,2-11H2,1H3. The molecule has 2 saturated carbocycles. The topological polar surface area (TPSA) is 12.0 Å². The third-order valence-electron chi connectivity index (χ3n) is 4.20. The number of hydrogen-bond donors (Lipinski definition) is 1. The molecule has 0 spiro atoms. The number of rotatable bonds is 6. The maximum atomic E-state index is 3.62. The molecule has 1 heteroatoms. The van der Waals surface area contributed by atoms with Crippen molar-refractivity contribution in [2.24, 2.45) is 17.8 Å². The van der Waals surface area contributed by atoms with E-state index in [-0.39, 0.29) is 0 Å². The molecule has 0 aromatic heterocycles. The van der Waals surface area contributed by atoms with Crippen LogP contribution < -0.4 is 5.32 Å². The quantitative estimate of drug-likeness (QED) is 0.659. The molecule has 1 nitrogen and oxygen atoms in total. The van der Waals surface area contributed by atoms with Crippen LogP contribution in [-0.4, -0.2) is 13.1 Å². The summed E-state index contributed by atoms with van der Waals surface area (Å²) in [7, 11) is 0. The fourth-order valence-electron chi connectivity index (χ4n) is 2.97. The molecule has 0 aliphatic heterocycles. The minimum atomic E-state index is 0.996. The van der Waals surface area contributed by atoms with E-state index in [1.165, 1.54) is 64.5 Å². The van der Waals surface area contributed by atoms with Gasteiger partial charge in [0.2, 0.25) is 0 Å². The van der Waals surface area contributed by atoms with E-state index < -0.39 is 0 Å². The molecule has 2 aliphatic carbocycles. The Morgan fingerprint density at radius 2 is 1.67 bits per heavy atom. The summed E-state index contributed by atoms with van der Waals surface area (Å²) in [5.74, 6) is 3.12. The average molecular weight is 209 g/mol. The zero-order valence-electron chi connectivity index (χ0n) is 10.3. The number of nitrogens with one attached hydrogen (secondary N) is 1. The van der Waals surface area contributed by atoms with Gasteiger partial charge in [-0.15, -0.1) is 0 Å². The second-order valence-electron chi connectivity index (χ2n) is 5.91. The maximum absolute atomic E-state index is 3.62. The Hall–Kier alpha value is -0.0400. The average Bonchev–Trinajstić information content (AvgIpc) is 3.01. The molecule has 15 heavy (non-hydrogen) atoms. The van der Waals surface area contributed by atoms with Gasteiger partial charge >= 0.3 is 0 Å². The van der Waals surface area contributed by atoms with Gasteiger partial charge in [0, 0.05) is 0 Å². The highest BCUT2D eigenvalue weighted by molar-refractivity contribution is 4.74. The minimum absolute atomic E-state index is 0.996. The van der Waals surface area contributed by atoms with Crippen LogP contribution >= 0.6 is 0 Å². The Morgan fingerprint density at radius 1 is 0.933 bits per heavy atom. The summed E-state index contributed by atoms with van der Waals surface area (Å²) >= 11 is 0. The van der Waals surface area contributed by atoms with E-state index in [0.29, 0.717) is 0 Å². The Labute approximate surface area is 95.0 Å². The normalized spacial score (nSPS) is 31.8. The van der Waals surface area contributed by atoms with E-state index in [4.69, 9.17) is 0 Å². The molecule has 0 amide bonds. The lowest BCUT2D eigenvalue weighted by molar-refractivity contribution is 0.267. The van der Waals surface area contributed by atoms with E-state index >= 15 is 0 Å². The first kappa shape index (κ1) is 11.4. The second kappa shape index (κ2) is 5.89. The van der Waals surface area contributed by atoms with Gasteiger partial charge in [0.05, 0.1) is 0 Å². The Kier molecular flexibility index (Phi) is 4.49. The minimum Gasteiger partial charge on any atom is -0.317 e. The van der Waals surface area contributed by atoms with Gasteiger partial charge in [-0.2, -0.15) is 0 Å². The lowest BCUT2D eigenvalue weighted by Crippen LogP contribution is -2.22. The summed E-state index contributed by atoms with van der Waals surface area (Å²) in [5.41, 5.74) is 0. The van der Waals surface area contributed by atoms with Crippen molar-refractivity contribution in [1.29, 1.82) is 0 Å². The second-order valence-corrected chi connectivity index (χ2v) is 5.91. The molecule has 0 saturated heterocycles. The predicted octanol–water partition coefficient (Wildman–Crippen LogP) is 3.59. The van der Waals surface area contributed by atoms with Crippen molar-refractivity contribution in [2.45, 2.75) is 58.3 Å². The van der Waals surface area contributed by atoms with Crippen LogP contribution in [0, 0.1) is 17.8 Å². The lowest BCUT2D eigenvalue weighted by Gasteiger charge is -2.26. The molecule has 0 aromatic carbocycles. The molecule has 2 fully saturated rings. The van der Waals surface area contributed by atoms with E-state index in [9.17, 15) is 0 Å². The van der Waals surface area contributed by atoms with Crippen LogP contribution in [0.3, 0.4) is 0 Å². The van der Waals surface area contributed by atoms with Gasteiger partial charge in [-0.1, -0.05) is 39.0 Å². The summed E-state index contributed by atoms with van der Waals surface area (Å²) in [5, 5.41) is 3.62. The third-order valence-corrected chi connectivity index (χ3v) is 4.20. The van der Waals surface area contributed by atoms with Crippen molar-refractivity contribution < 1.29 is 0 Å². The largest absolute Gasteiger partial charge is 0.317 e. The van der Waals surface area contributed by atoms with Crippen molar-refractivity contribution in [3.8, 4) is 0 Å². The fourth-order valence-corrected chi connectivity index (χ4v) is 2.97. The molecule has 2 aliphatic rings. The Bertz CT molecular complexity index is 174. The van der Waals surface area contributed by atoms with Crippen LogP contribution in [-0.2, 0) is 0 Å². The van der Waals surface area contributed by atoms with Crippen molar-refractivity contribution in [3.05, 3.63) is 0 Å². The van der Waals surface area contributed by atoms with E-state index in [2.05, 4.69) is 12.2 Å². The summed E-state index contributed by atoms with van der Waals surface area (Å²) < 4.78 is 0. The van der Waals surface area contributed by atoms with Crippen molar-refractivity contribution >= 4 is 0 Å². The number of hydrogen-bond acceptors (Lipinski definition) is 1. The summed E-state index contributed by atoms with van der Waals surface area (Å²) in [4.78, 5) is 0. The van der Waals surface area contributed by atoms with Gasteiger partial charge in [0.25, 0.3) is 0 Å². The first-order valence-corrected chi connectivity index (χ1v) is 7.05. The SMILES string of the molecule is CC1CCCC(CCNCCC2CC2)C1. The third kappa shape index (κ3) is 4.55. The van der Waals surface area contributed by atoms with Gasteiger partial charge in [0.15, 0.2) is 0 Å². The van der Waals surface area contributed by atoms with E-state index in [1.54, 1.807) is 0 Å². The van der Waals surface area contributed by atoms with Gasteiger partial charge in [-0.25, -0.2) is 0 Å². The van der Waals surface area contributed by atoms with E-state index in [1.807, 2.05) is 0 Å². The van der Waals surface area contributed by atoms with Crippen molar-refractivity contribution in [2.75, 3.05) is 13.1 Å². The van der Waals surface area contributed by atoms with Crippen molar-refractivity contribution in [1.82, 2.24) is 5.32 Å². The highest BCUT2D eigenvalue weighted by atomic mass is 14.8. The summed E-state index contributed by atoms with van der Waals surface area (Å²) in [6.07, 6.45) is 11.8. The summed E-state index contributed by atoms with van der Waals surface area (Å²) in [6.45, 7) is 4.96. The molecule has 0 aromatic rings. The molecule has 0 radical (unpaired) electrons. The van der Waals surface area contributed by atoms with Crippen LogP contribution in [0.25, 0.3) is 0 Å².